The zero-order valence-corrected chi connectivity index (χ0v) is 15.8. The molecule has 1 fully saturated rings. The fourth-order valence-electron chi connectivity index (χ4n) is 3.16. The minimum absolute atomic E-state index is 0.331. The molecule has 0 aliphatic carbocycles. The summed E-state index contributed by atoms with van der Waals surface area (Å²) in [5.74, 6) is 0. The summed E-state index contributed by atoms with van der Waals surface area (Å²) in [7, 11) is -3.17. The first kappa shape index (κ1) is 17.6. The normalized spacial score (nSPS) is 22.0. The van der Waals surface area contributed by atoms with Crippen LogP contribution in [0.25, 0.3) is 0 Å². The first-order valence-electron chi connectivity index (χ1n) is 7.77. The number of β-amino-alcohol motifs (C(OH)–C–C–N with tert-alkyl or cyclic N) is 1. The number of benzene rings is 2. The third-order valence-electron chi connectivity index (χ3n) is 4.46. The first-order chi connectivity index (χ1) is 11.3. The van der Waals surface area contributed by atoms with Crippen molar-refractivity contribution in [2.75, 3.05) is 19.3 Å². The van der Waals surface area contributed by atoms with Crippen LogP contribution in [-0.2, 0) is 22.0 Å². The van der Waals surface area contributed by atoms with Gasteiger partial charge in [-0.2, -0.15) is 0 Å². The van der Waals surface area contributed by atoms with Crippen LogP contribution < -0.4 is 0 Å². The Morgan fingerprint density at radius 2 is 1.83 bits per heavy atom. The van der Waals surface area contributed by atoms with E-state index >= 15 is 0 Å². The molecule has 6 heteroatoms. The lowest BCUT2D eigenvalue weighted by molar-refractivity contribution is 0.0446. The van der Waals surface area contributed by atoms with Gasteiger partial charge in [0, 0.05) is 30.4 Å². The third-order valence-corrected chi connectivity index (χ3v) is 6.28. The van der Waals surface area contributed by atoms with E-state index in [1.165, 1.54) is 6.26 Å². The number of aliphatic hydroxyl groups is 1. The first-order valence-corrected chi connectivity index (χ1v) is 10.5. The summed E-state index contributed by atoms with van der Waals surface area (Å²) in [5, 5.41) is 11.0. The molecule has 1 unspecified atom stereocenters. The van der Waals surface area contributed by atoms with E-state index in [2.05, 4.69) is 20.8 Å². The van der Waals surface area contributed by atoms with Gasteiger partial charge in [0.25, 0.3) is 0 Å². The Hall–Kier alpha value is -1.21. The smallest absolute Gasteiger partial charge is 0.175 e. The molecule has 1 heterocycles. The Morgan fingerprint density at radius 1 is 1.17 bits per heavy atom. The van der Waals surface area contributed by atoms with E-state index in [-0.39, 0.29) is 0 Å². The van der Waals surface area contributed by atoms with E-state index in [0.29, 0.717) is 24.4 Å². The lowest BCUT2D eigenvalue weighted by Crippen LogP contribution is -2.30. The van der Waals surface area contributed by atoms with Crippen LogP contribution in [0.15, 0.2) is 57.9 Å². The van der Waals surface area contributed by atoms with E-state index in [1.807, 2.05) is 36.4 Å². The zero-order chi connectivity index (χ0) is 17.4. The minimum atomic E-state index is -3.17. The largest absolute Gasteiger partial charge is 0.384 e. The highest BCUT2D eigenvalue weighted by Crippen LogP contribution is 2.36. The van der Waals surface area contributed by atoms with Crippen LogP contribution >= 0.6 is 15.9 Å². The molecule has 0 saturated carbocycles. The highest BCUT2D eigenvalue weighted by Gasteiger charge is 2.38. The second kappa shape index (κ2) is 6.59. The average Bonchev–Trinajstić information content (AvgIpc) is 2.89. The maximum Gasteiger partial charge on any atom is 0.175 e. The van der Waals surface area contributed by atoms with Crippen molar-refractivity contribution in [2.45, 2.75) is 23.5 Å². The predicted molar refractivity (Wildman–Crippen MR) is 97.5 cm³/mol. The van der Waals surface area contributed by atoms with Gasteiger partial charge in [-0.1, -0.05) is 46.3 Å². The third kappa shape index (κ3) is 3.72. The number of sulfone groups is 1. The molecule has 0 radical (unpaired) electrons. The van der Waals surface area contributed by atoms with Gasteiger partial charge in [-0.25, -0.2) is 8.42 Å². The van der Waals surface area contributed by atoms with Crippen molar-refractivity contribution in [1.82, 2.24) is 4.90 Å². The van der Waals surface area contributed by atoms with Gasteiger partial charge in [0.05, 0.1) is 4.90 Å². The topological polar surface area (TPSA) is 57.6 Å². The van der Waals surface area contributed by atoms with Crippen LogP contribution in [-0.4, -0.2) is 37.8 Å². The quantitative estimate of drug-likeness (QED) is 0.842. The van der Waals surface area contributed by atoms with Gasteiger partial charge < -0.3 is 5.11 Å². The Morgan fingerprint density at radius 3 is 2.46 bits per heavy atom. The molecule has 128 valence electrons. The molecule has 1 N–H and O–H groups in total. The Labute approximate surface area is 151 Å². The number of likely N-dealkylation sites (tertiary alicyclic amines) is 1. The second-order valence-corrected chi connectivity index (χ2v) is 9.26. The molecule has 0 spiro atoms. The van der Waals surface area contributed by atoms with Crippen LogP contribution in [0.4, 0.5) is 0 Å². The van der Waals surface area contributed by atoms with Gasteiger partial charge in [-0.05, 0) is 35.7 Å². The number of rotatable bonds is 4. The summed E-state index contributed by atoms with van der Waals surface area (Å²) in [6.45, 7) is 2.05. The number of halogens is 1. The molecule has 2 aromatic rings. The van der Waals surface area contributed by atoms with Crippen LogP contribution in [0.5, 0.6) is 0 Å². The van der Waals surface area contributed by atoms with Crippen LogP contribution in [0, 0.1) is 0 Å². The number of hydrogen-bond donors (Lipinski definition) is 1. The van der Waals surface area contributed by atoms with E-state index in [9.17, 15) is 13.5 Å². The lowest BCUT2D eigenvalue weighted by Gasteiger charge is -2.25. The maximum atomic E-state index is 11.5. The fourth-order valence-corrected chi connectivity index (χ4v) is 4.45. The van der Waals surface area contributed by atoms with Crippen molar-refractivity contribution in [1.29, 1.82) is 0 Å². The second-order valence-electron chi connectivity index (χ2n) is 6.39. The maximum absolute atomic E-state index is 11.5. The summed E-state index contributed by atoms with van der Waals surface area (Å²) in [6.07, 6.45) is 1.89. The Kier molecular flexibility index (Phi) is 4.84. The summed E-state index contributed by atoms with van der Waals surface area (Å²) < 4.78 is 24.0. The van der Waals surface area contributed by atoms with Gasteiger partial charge in [-0.15, -0.1) is 0 Å². The Bertz CT molecular complexity index is 836. The minimum Gasteiger partial charge on any atom is -0.384 e. The average molecular weight is 410 g/mol. The van der Waals surface area contributed by atoms with Gasteiger partial charge in [-0.3, -0.25) is 4.90 Å². The van der Waals surface area contributed by atoms with E-state index in [0.717, 1.165) is 22.1 Å². The number of nitrogens with zero attached hydrogens (tertiary/aromatic N) is 1. The molecule has 1 aliphatic heterocycles. The molecule has 1 aliphatic rings. The summed E-state index contributed by atoms with van der Waals surface area (Å²) >= 11 is 3.52. The van der Waals surface area contributed by atoms with E-state index in [1.54, 1.807) is 12.1 Å². The molecule has 2 aromatic carbocycles. The molecule has 24 heavy (non-hydrogen) atoms. The standard InChI is InChI=1S/C18H20BrNO3S/c1-24(22,23)15-8-6-14(7-9-15)12-20-11-10-18(21,13-20)16-4-2-3-5-17(16)19/h2-9,21H,10-13H2,1H3. The Balaban J connectivity index is 1.71. The zero-order valence-electron chi connectivity index (χ0n) is 13.4. The van der Waals surface area contributed by atoms with Crippen LogP contribution in [0.3, 0.4) is 0 Å². The lowest BCUT2D eigenvalue weighted by atomic mass is 9.93. The fraction of sp³-hybridized carbons (Fsp3) is 0.333. The van der Waals surface area contributed by atoms with Crippen molar-refractivity contribution in [2.24, 2.45) is 0 Å². The van der Waals surface area contributed by atoms with Crippen molar-refractivity contribution < 1.29 is 13.5 Å². The van der Waals surface area contributed by atoms with Crippen molar-refractivity contribution in [3.05, 3.63) is 64.1 Å². The van der Waals surface area contributed by atoms with Crippen molar-refractivity contribution in [3.8, 4) is 0 Å². The van der Waals surface area contributed by atoms with E-state index < -0.39 is 15.4 Å². The summed E-state index contributed by atoms with van der Waals surface area (Å²) in [6, 6.07) is 14.7. The molecule has 1 atom stereocenters. The molecule has 1 saturated heterocycles. The SMILES string of the molecule is CS(=O)(=O)c1ccc(CN2CCC(O)(c3ccccc3Br)C2)cc1. The van der Waals surface area contributed by atoms with Gasteiger partial charge in [0.15, 0.2) is 9.84 Å². The van der Waals surface area contributed by atoms with Crippen LogP contribution in [0.1, 0.15) is 17.5 Å². The predicted octanol–water partition coefficient (Wildman–Crippen LogP) is 2.95. The van der Waals surface area contributed by atoms with Gasteiger partial charge >= 0.3 is 0 Å². The molecular formula is C18H20BrNO3S. The molecule has 0 amide bonds. The van der Waals surface area contributed by atoms with Gasteiger partial charge in [0.2, 0.25) is 0 Å². The summed E-state index contributed by atoms with van der Waals surface area (Å²) in [5.41, 5.74) is 1.10. The number of hydrogen-bond acceptors (Lipinski definition) is 4. The molecule has 0 bridgehead atoms. The molecular weight excluding hydrogens is 390 g/mol. The summed E-state index contributed by atoms with van der Waals surface area (Å²) in [4.78, 5) is 2.52. The van der Waals surface area contributed by atoms with Crippen molar-refractivity contribution >= 4 is 25.8 Å². The van der Waals surface area contributed by atoms with Crippen molar-refractivity contribution in [3.63, 3.8) is 0 Å². The van der Waals surface area contributed by atoms with Crippen LogP contribution in [0.2, 0.25) is 0 Å². The molecule has 3 rings (SSSR count). The van der Waals surface area contributed by atoms with Gasteiger partial charge in [0.1, 0.15) is 5.60 Å². The monoisotopic (exact) mass is 409 g/mol. The molecule has 0 aromatic heterocycles. The van der Waals surface area contributed by atoms with E-state index in [4.69, 9.17) is 0 Å². The highest BCUT2D eigenvalue weighted by molar-refractivity contribution is 9.10. The molecule has 4 nitrogen and oxygen atoms in total. The highest BCUT2D eigenvalue weighted by atomic mass is 79.9.